The Morgan fingerprint density at radius 1 is 1.35 bits per heavy atom. The Kier molecular flexibility index (Phi) is 4.26. The highest BCUT2D eigenvalue weighted by Gasteiger charge is 2.28. The first kappa shape index (κ1) is 14.8. The van der Waals surface area contributed by atoms with Crippen molar-refractivity contribution in [3.05, 3.63) is 35.8 Å². The van der Waals surface area contributed by atoms with Crippen molar-refractivity contribution in [1.82, 2.24) is 5.43 Å². The van der Waals surface area contributed by atoms with Gasteiger partial charge in [-0.05, 0) is 12.1 Å². The molecule has 1 heterocycles. The molecule has 2 aromatic rings. The normalized spacial score (nSPS) is 13.8. The second kappa shape index (κ2) is 5.78. The summed E-state index contributed by atoms with van der Waals surface area (Å²) in [5.41, 5.74) is 2.30. The second-order valence-corrected chi connectivity index (χ2v) is 4.16. The van der Waals surface area contributed by atoms with Gasteiger partial charge >= 0.3 is 6.18 Å². The molecule has 3 N–H and O–H groups in total. The van der Waals surface area contributed by atoms with Crippen LogP contribution in [0.2, 0.25) is 0 Å². The largest absolute Gasteiger partial charge is 0.456 e. The number of nitrogens with one attached hydrogen (secondary N) is 1. The molecule has 0 radical (unpaired) electrons. The van der Waals surface area contributed by atoms with Crippen LogP contribution in [0, 0.1) is 5.82 Å². The minimum atomic E-state index is -4.42. The summed E-state index contributed by atoms with van der Waals surface area (Å²) >= 11 is 0. The molecular formula is C12H12F4N2O2. The zero-order chi connectivity index (χ0) is 14.8. The lowest BCUT2D eigenvalue weighted by molar-refractivity contribution is -0.175. The molecule has 110 valence electrons. The van der Waals surface area contributed by atoms with Gasteiger partial charge in [0, 0.05) is 5.39 Å². The summed E-state index contributed by atoms with van der Waals surface area (Å²) in [5.74, 6) is 4.90. The van der Waals surface area contributed by atoms with Crippen molar-refractivity contribution in [2.75, 3.05) is 13.2 Å². The highest BCUT2D eigenvalue weighted by atomic mass is 19.4. The van der Waals surface area contributed by atoms with E-state index in [4.69, 9.17) is 10.3 Å². The maximum Gasteiger partial charge on any atom is 0.411 e. The number of hydrogen-bond donors (Lipinski definition) is 2. The van der Waals surface area contributed by atoms with E-state index in [0.717, 1.165) is 0 Å². The Balaban J connectivity index is 2.11. The number of rotatable bonds is 5. The molecule has 0 aliphatic rings. The molecule has 0 fully saturated rings. The van der Waals surface area contributed by atoms with E-state index in [9.17, 15) is 17.6 Å². The van der Waals surface area contributed by atoms with Gasteiger partial charge in [0.2, 0.25) is 0 Å². The van der Waals surface area contributed by atoms with Gasteiger partial charge in [-0.3, -0.25) is 5.84 Å². The third kappa shape index (κ3) is 3.47. The number of nitrogens with two attached hydrogens (primary N) is 1. The first-order valence-electron chi connectivity index (χ1n) is 5.69. The fourth-order valence-corrected chi connectivity index (χ4v) is 1.72. The van der Waals surface area contributed by atoms with Crippen molar-refractivity contribution in [2.24, 2.45) is 5.84 Å². The summed E-state index contributed by atoms with van der Waals surface area (Å²) < 4.78 is 59.2. The molecule has 1 aromatic carbocycles. The van der Waals surface area contributed by atoms with E-state index in [1.165, 1.54) is 18.2 Å². The summed E-state index contributed by atoms with van der Waals surface area (Å²) in [7, 11) is 0. The van der Waals surface area contributed by atoms with Gasteiger partial charge in [0.15, 0.2) is 11.4 Å². The van der Waals surface area contributed by atoms with Gasteiger partial charge in [-0.1, -0.05) is 12.1 Å². The van der Waals surface area contributed by atoms with Gasteiger partial charge in [0.25, 0.3) is 0 Å². The topological polar surface area (TPSA) is 60.4 Å². The minimum Gasteiger partial charge on any atom is -0.456 e. The SMILES string of the molecule is NNC(COCC(F)(F)F)c1cc2cccc(F)c2o1. The predicted octanol–water partition coefficient (Wildman–Crippen LogP) is 2.66. The van der Waals surface area contributed by atoms with Crippen LogP contribution in [0.25, 0.3) is 11.0 Å². The molecule has 20 heavy (non-hydrogen) atoms. The smallest absolute Gasteiger partial charge is 0.411 e. The van der Waals surface area contributed by atoms with Gasteiger partial charge in [-0.25, -0.2) is 9.82 Å². The van der Waals surface area contributed by atoms with E-state index in [0.29, 0.717) is 5.39 Å². The van der Waals surface area contributed by atoms with Crippen LogP contribution in [-0.4, -0.2) is 19.4 Å². The predicted molar refractivity (Wildman–Crippen MR) is 63.1 cm³/mol. The van der Waals surface area contributed by atoms with Crippen molar-refractivity contribution in [3.63, 3.8) is 0 Å². The van der Waals surface area contributed by atoms with Crippen molar-refractivity contribution >= 4 is 11.0 Å². The van der Waals surface area contributed by atoms with Crippen LogP contribution in [0.5, 0.6) is 0 Å². The highest BCUT2D eigenvalue weighted by molar-refractivity contribution is 5.78. The quantitative estimate of drug-likeness (QED) is 0.505. The lowest BCUT2D eigenvalue weighted by Crippen LogP contribution is -2.32. The Hall–Kier alpha value is -1.64. The number of benzene rings is 1. The number of fused-ring (bicyclic) bond motifs is 1. The molecule has 1 atom stereocenters. The summed E-state index contributed by atoms with van der Waals surface area (Å²) in [6, 6.07) is 5.04. The van der Waals surface area contributed by atoms with Crippen LogP contribution in [-0.2, 0) is 4.74 Å². The minimum absolute atomic E-state index is 0.0265. The number of para-hydroxylation sites is 1. The van der Waals surface area contributed by atoms with Crippen molar-refractivity contribution in [2.45, 2.75) is 12.2 Å². The Morgan fingerprint density at radius 3 is 2.70 bits per heavy atom. The van der Waals surface area contributed by atoms with Gasteiger partial charge < -0.3 is 9.15 Å². The molecule has 0 saturated carbocycles. The molecule has 8 heteroatoms. The zero-order valence-electron chi connectivity index (χ0n) is 10.2. The maximum atomic E-state index is 13.4. The van der Waals surface area contributed by atoms with Crippen molar-refractivity contribution < 1.29 is 26.7 Å². The Labute approximate surface area is 111 Å². The number of hydrogen-bond acceptors (Lipinski definition) is 4. The second-order valence-electron chi connectivity index (χ2n) is 4.16. The third-order valence-corrected chi connectivity index (χ3v) is 2.61. The molecule has 2 rings (SSSR count). The van der Waals surface area contributed by atoms with Crippen LogP contribution < -0.4 is 11.3 Å². The lowest BCUT2D eigenvalue weighted by Gasteiger charge is -2.14. The van der Waals surface area contributed by atoms with Gasteiger partial charge in [0.05, 0.1) is 6.61 Å². The molecule has 0 bridgehead atoms. The van der Waals surface area contributed by atoms with Crippen LogP contribution in [0.15, 0.2) is 28.7 Å². The van der Waals surface area contributed by atoms with Crippen LogP contribution in [0.4, 0.5) is 17.6 Å². The average molecular weight is 292 g/mol. The molecule has 1 aromatic heterocycles. The van der Waals surface area contributed by atoms with E-state index >= 15 is 0 Å². The van der Waals surface area contributed by atoms with Gasteiger partial charge in [-0.2, -0.15) is 13.2 Å². The molecule has 0 spiro atoms. The highest BCUT2D eigenvalue weighted by Crippen LogP contribution is 2.26. The van der Waals surface area contributed by atoms with E-state index in [-0.39, 0.29) is 18.0 Å². The van der Waals surface area contributed by atoms with E-state index in [1.54, 1.807) is 6.07 Å². The third-order valence-electron chi connectivity index (χ3n) is 2.61. The fraction of sp³-hybridized carbons (Fsp3) is 0.333. The van der Waals surface area contributed by atoms with Crippen molar-refractivity contribution in [3.8, 4) is 0 Å². The zero-order valence-corrected chi connectivity index (χ0v) is 10.2. The Morgan fingerprint density at radius 2 is 2.10 bits per heavy atom. The molecule has 0 aliphatic carbocycles. The van der Waals surface area contributed by atoms with Crippen molar-refractivity contribution in [1.29, 1.82) is 0 Å². The van der Waals surface area contributed by atoms with Gasteiger partial charge in [0.1, 0.15) is 18.4 Å². The average Bonchev–Trinajstić information content (AvgIpc) is 2.78. The molecule has 0 amide bonds. The number of ether oxygens (including phenoxy) is 1. The first-order chi connectivity index (χ1) is 9.40. The maximum absolute atomic E-state index is 13.4. The lowest BCUT2D eigenvalue weighted by atomic mass is 10.2. The van der Waals surface area contributed by atoms with E-state index < -0.39 is 24.6 Å². The molecule has 0 aliphatic heterocycles. The summed E-state index contributed by atoms with van der Waals surface area (Å²) in [6.45, 7) is -1.74. The monoisotopic (exact) mass is 292 g/mol. The van der Waals surface area contributed by atoms with Crippen LogP contribution in [0.3, 0.4) is 0 Å². The number of hydrazine groups is 1. The number of halogens is 4. The number of furan rings is 1. The van der Waals surface area contributed by atoms with Crippen LogP contribution >= 0.6 is 0 Å². The fourth-order valence-electron chi connectivity index (χ4n) is 1.72. The summed E-state index contributed by atoms with van der Waals surface area (Å²) in [5, 5.41) is 0.496. The Bertz CT molecular complexity index is 582. The van der Waals surface area contributed by atoms with E-state index in [1.807, 2.05) is 0 Å². The van der Waals surface area contributed by atoms with Gasteiger partial charge in [-0.15, -0.1) is 0 Å². The van der Waals surface area contributed by atoms with Crippen LogP contribution in [0.1, 0.15) is 11.8 Å². The molecule has 4 nitrogen and oxygen atoms in total. The molecular weight excluding hydrogens is 280 g/mol. The molecule has 0 saturated heterocycles. The molecule has 1 unspecified atom stereocenters. The number of alkyl halides is 3. The summed E-state index contributed by atoms with van der Waals surface area (Å²) in [4.78, 5) is 0. The first-order valence-corrected chi connectivity index (χ1v) is 5.69. The standard InChI is InChI=1S/C12H12F4N2O2/c13-8-3-1-2-7-4-10(20-11(7)8)9(18-17)5-19-6-12(14,15)16/h1-4,9,18H,5-6,17H2. The van der Waals surface area contributed by atoms with E-state index in [2.05, 4.69) is 10.2 Å². The summed E-state index contributed by atoms with van der Waals surface area (Å²) in [6.07, 6.45) is -4.42.